The van der Waals surface area contributed by atoms with Crippen LogP contribution in [-0.2, 0) is 0 Å². The van der Waals surface area contributed by atoms with Crippen LogP contribution >= 0.6 is 0 Å². The van der Waals surface area contributed by atoms with E-state index in [4.69, 9.17) is 18.9 Å². The van der Waals surface area contributed by atoms with Crippen LogP contribution < -0.4 is 49.2 Å². The maximum atomic E-state index is 5.56. The van der Waals surface area contributed by atoms with E-state index in [9.17, 15) is 0 Å². The number of nitrogens with zero attached hydrogens (tertiary/aromatic N) is 4. The zero-order valence-corrected chi connectivity index (χ0v) is 41.5. The quantitative estimate of drug-likeness (QED) is 0.154. The molecule has 0 spiro atoms. The lowest BCUT2D eigenvalue weighted by atomic mass is 10.1. The fraction of sp³-hybridized carbons (Fsp3) is 0.0625. The van der Waals surface area contributed by atoms with Crippen LogP contribution in [-0.4, -0.2) is 28.4 Å². The molecule has 0 aliphatic carbocycles. The first kappa shape index (κ1) is 46.6. The number of ether oxygens (including phenoxy) is 4. The molecule has 0 fully saturated rings. The summed E-state index contributed by atoms with van der Waals surface area (Å²) in [7, 11) is 6.75. The number of hydrogen-bond donors (Lipinski definition) is 2. The predicted octanol–water partition coefficient (Wildman–Crippen LogP) is 17.4. The van der Waals surface area contributed by atoms with Crippen molar-refractivity contribution < 1.29 is 18.9 Å². The summed E-state index contributed by atoms with van der Waals surface area (Å²) in [5.74, 6) is 3.17. The van der Waals surface area contributed by atoms with Gasteiger partial charge < -0.3 is 49.2 Å². The number of rotatable bonds is 8. The largest absolute Gasteiger partial charge is 0.497 e. The average molecular weight is 971 g/mol. The number of anilines is 16. The van der Waals surface area contributed by atoms with Crippen LogP contribution in [0.25, 0.3) is 0 Å². The Labute approximate surface area is 432 Å². The highest BCUT2D eigenvalue weighted by Gasteiger charge is 2.20. The Hall–Kier alpha value is -9.80. The summed E-state index contributed by atoms with van der Waals surface area (Å²) in [5, 5.41) is 7.30. The van der Waals surface area contributed by atoms with Gasteiger partial charge in [-0.05, 0) is 243 Å². The molecular weight excluding hydrogens is 917 g/mol. The van der Waals surface area contributed by atoms with Gasteiger partial charge in [0.1, 0.15) is 23.0 Å². The first-order chi connectivity index (χ1) is 36.4. The molecule has 10 heteroatoms. The highest BCUT2D eigenvalue weighted by Crippen LogP contribution is 2.43. The molecule has 10 nitrogen and oxygen atoms in total. The second-order valence-electron chi connectivity index (χ2n) is 17.6. The van der Waals surface area contributed by atoms with Gasteiger partial charge in [-0.25, -0.2) is 0 Å². The van der Waals surface area contributed by atoms with E-state index in [1.807, 2.05) is 48.5 Å². The minimum atomic E-state index is 0.792. The molecule has 10 heterocycles. The maximum absolute atomic E-state index is 5.56. The fourth-order valence-electron chi connectivity index (χ4n) is 9.32. The Kier molecular flexibility index (Phi) is 13.1. The highest BCUT2D eigenvalue weighted by molar-refractivity contribution is 5.85. The lowest BCUT2D eigenvalue weighted by Gasteiger charge is -2.29. The van der Waals surface area contributed by atoms with Crippen LogP contribution in [0.15, 0.2) is 243 Å². The molecule has 10 aromatic rings. The average Bonchev–Trinajstić information content (AvgIpc) is 3.46. The van der Waals surface area contributed by atoms with Crippen molar-refractivity contribution >= 4 is 91.0 Å². The monoisotopic (exact) mass is 970 g/mol. The van der Waals surface area contributed by atoms with E-state index in [-0.39, 0.29) is 0 Å². The number of methoxy groups -OCH3 is 4. The Morgan fingerprint density at radius 2 is 0.311 bits per heavy atom. The van der Waals surface area contributed by atoms with Gasteiger partial charge in [0.25, 0.3) is 0 Å². The lowest BCUT2D eigenvalue weighted by molar-refractivity contribution is 0.414. The molecule has 2 N–H and O–H groups in total. The van der Waals surface area contributed by atoms with Crippen molar-refractivity contribution in [3.05, 3.63) is 243 Å². The normalized spacial score (nSPS) is 12.2. The molecule has 0 atom stereocenters. The van der Waals surface area contributed by atoms with Gasteiger partial charge in [-0.1, -0.05) is 0 Å². The summed E-state index contributed by atoms with van der Waals surface area (Å²) in [4.78, 5) is 9.01. The zero-order chi connectivity index (χ0) is 50.4. The SMILES string of the molecule is COc1ccc(N2c3ccc(cc3)Nc3ccc(cc3)N(c3ccc(OC)cc3)c3ccc(cc3)N(c3ccc(OC)cc3)c3ccc(cc3)Nc3ccc(cc3)N(c3ccc(OC)cc3)c3ccc2cc3)cc1. The molecule has 10 aromatic carbocycles. The van der Waals surface area contributed by atoms with Crippen molar-refractivity contribution in [2.75, 3.05) is 58.7 Å². The van der Waals surface area contributed by atoms with Crippen molar-refractivity contribution in [2.45, 2.75) is 0 Å². The molecule has 12 bridgehead atoms. The van der Waals surface area contributed by atoms with Gasteiger partial charge >= 0.3 is 0 Å². The van der Waals surface area contributed by atoms with Crippen LogP contribution in [0.2, 0.25) is 0 Å². The van der Waals surface area contributed by atoms with E-state index in [1.165, 1.54) is 0 Å². The van der Waals surface area contributed by atoms with E-state index >= 15 is 0 Å². The second kappa shape index (κ2) is 20.9. The van der Waals surface area contributed by atoms with Gasteiger partial charge in [0.2, 0.25) is 0 Å². The minimum absolute atomic E-state index is 0.792. The van der Waals surface area contributed by atoms with Gasteiger partial charge in [0.15, 0.2) is 0 Å². The Bertz CT molecular complexity index is 2960. The third-order valence-electron chi connectivity index (χ3n) is 13.1. The van der Waals surface area contributed by atoms with E-state index in [1.54, 1.807) is 28.4 Å². The Balaban J connectivity index is 1.02. The third-order valence-corrected chi connectivity index (χ3v) is 13.1. The summed E-state index contributed by atoms with van der Waals surface area (Å²) in [5.41, 5.74) is 15.8. The molecule has 0 amide bonds. The smallest absolute Gasteiger partial charge is 0.119 e. The van der Waals surface area contributed by atoms with Gasteiger partial charge in [-0.3, -0.25) is 0 Å². The summed E-state index contributed by atoms with van der Waals surface area (Å²) < 4.78 is 22.2. The molecule has 0 aromatic heterocycles. The predicted molar refractivity (Wildman–Crippen MR) is 304 cm³/mol. The van der Waals surface area contributed by atoms with Crippen LogP contribution in [0.4, 0.5) is 91.0 Å². The Morgan fingerprint density at radius 1 is 0.189 bits per heavy atom. The van der Waals surface area contributed by atoms with Gasteiger partial charge in [0.05, 0.1) is 28.4 Å². The fourth-order valence-corrected chi connectivity index (χ4v) is 9.32. The van der Waals surface area contributed by atoms with Crippen LogP contribution in [0.5, 0.6) is 23.0 Å². The molecule has 74 heavy (non-hydrogen) atoms. The first-order valence-corrected chi connectivity index (χ1v) is 24.3. The van der Waals surface area contributed by atoms with Crippen LogP contribution in [0.3, 0.4) is 0 Å². The van der Waals surface area contributed by atoms with Crippen molar-refractivity contribution in [2.24, 2.45) is 0 Å². The van der Waals surface area contributed by atoms with E-state index in [0.29, 0.717) is 0 Å². The molecule has 364 valence electrons. The van der Waals surface area contributed by atoms with Gasteiger partial charge in [-0.2, -0.15) is 0 Å². The standard InChI is InChI=1S/C64H54N6O4/c1-71-61-37-29-57(30-38-61)67-49-13-5-45(6-14-49)65-46-7-17-51(18-8-46)69(59-33-41-63(73-3)42-34-59)55-25-27-56(28-26-55)70(60-35-43-64(74-4)44-36-60)52-19-11-48(12-20-52)66-47-9-15-50(16-10-47)68(54-23-21-53(67)22-24-54)58-31-39-62(72-2)40-32-58/h5-44,65-66H,1-4H3. The second-order valence-corrected chi connectivity index (χ2v) is 17.6. The number of benzene rings is 10. The summed E-state index contributed by atoms with van der Waals surface area (Å²) in [6.45, 7) is 0. The van der Waals surface area contributed by atoms with Gasteiger partial charge in [-0.15, -0.1) is 0 Å². The zero-order valence-electron chi connectivity index (χ0n) is 41.5. The van der Waals surface area contributed by atoms with Crippen LogP contribution in [0.1, 0.15) is 0 Å². The summed E-state index contributed by atoms with van der Waals surface area (Å²) in [6, 6.07) is 84.1. The van der Waals surface area contributed by atoms with Crippen molar-refractivity contribution in [1.82, 2.24) is 0 Å². The molecule has 0 saturated heterocycles. The topological polar surface area (TPSA) is 73.9 Å². The Morgan fingerprint density at radius 3 is 0.446 bits per heavy atom. The first-order valence-electron chi connectivity index (χ1n) is 24.3. The van der Waals surface area contributed by atoms with Crippen molar-refractivity contribution in [1.29, 1.82) is 0 Å². The molecule has 0 radical (unpaired) electrons. The maximum Gasteiger partial charge on any atom is 0.119 e. The van der Waals surface area contributed by atoms with Crippen LogP contribution in [0, 0.1) is 0 Å². The van der Waals surface area contributed by atoms with E-state index in [2.05, 4.69) is 224 Å². The van der Waals surface area contributed by atoms with Gasteiger partial charge in [0, 0.05) is 91.0 Å². The summed E-state index contributed by atoms with van der Waals surface area (Å²) >= 11 is 0. The molecule has 20 rings (SSSR count). The molecule has 0 unspecified atom stereocenters. The minimum Gasteiger partial charge on any atom is -0.497 e. The summed E-state index contributed by atoms with van der Waals surface area (Å²) in [6.07, 6.45) is 0. The molecular formula is C64H54N6O4. The third kappa shape index (κ3) is 9.80. The van der Waals surface area contributed by atoms with E-state index in [0.717, 1.165) is 114 Å². The van der Waals surface area contributed by atoms with Crippen molar-refractivity contribution in [3.8, 4) is 23.0 Å². The lowest BCUT2D eigenvalue weighted by Crippen LogP contribution is -2.12. The molecule has 10 aliphatic rings. The molecule has 0 saturated carbocycles. The van der Waals surface area contributed by atoms with Crippen molar-refractivity contribution in [3.63, 3.8) is 0 Å². The highest BCUT2D eigenvalue weighted by atomic mass is 16.5. The number of nitrogens with one attached hydrogen (secondary N) is 2. The molecule has 10 aliphatic heterocycles. The van der Waals surface area contributed by atoms with E-state index < -0.39 is 0 Å². The number of hydrogen-bond acceptors (Lipinski definition) is 10.